The molecule has 29 heavy (non-hydrogen) atoms. The predicted molar refractivity (Wildman–Crippen MR) is 109 cm³/mol. The summed E-state index contributed by atoms with van der Waals surface area (Å²) in [6.45, 7) is 4.53. The lowest BCUT2D eigenvalue weighted by atomic mass is 10.1. The van der Waals surface area contributed by atoms with E-state index >= 15 is 0 Å². The molecule has 1 amide bonds. The van der Waals surface area contributed by atoms with Crippen LogP contribution >= 0.6 is 11.6 Å². The largest absolute Gasteiger partial charge is 0.372 e. The highest BCUT2D eigenvalue weighted by Crippen LogP contribution is 2.27. The second kappa shape index (κ2) is 8.30. The molecule has 156 valence electrons. The Bertz CT molecular complexity index is 1000. The van der Waals surface area contributed by atoms with E-state index in [0.717, 1.165) is 4.31 Å². The average Bonchev–Trinajstić information content (AvgIpc) is 2.67. The highest BCUT2D eigenvalue weighted by molar-refractivity contribution is 7.92. The fourth-order valence-corrected chi connectivity index (χ4v) is 4.71. The number of carbonyl (C=O) groups is 1. The zero-order chi connectivity index (χ0) is 21.3. The van der Waals surface area contributed by atoms with Crippen molar-refractivity contribution in [1.29, 1.82) is 0 Å². The Morgan fingerprint density at radius 1 is 1.14 bits per heavy atom. The lowest BCUT2D eigenvalue weighted by molar-refractivity contribution is -0.0586. The number of morpholine rings is 1. The molecule has 1 aliphatic rings. The van der Waals surface area contributed by atoms with Crippen LogP contribution in [0.5, 0.6) is 0 Å². The first-order valence-corrected chi connectivity index (χ1v) is 10.9. The van der Waals surface area contributed by atoms with Crippen LogP contribution in [0.4, 0.5) is 10.1 Å². The molecule has 0 spiro atoms. The van der Waals surface area contributed by atoms with Crippen LogP contribution in [0.1, 0.15) is 24.2 Å². The summed E-state index contributed by atoms with van der Waals surface area (Å²) in [5.41, 5.74) is 0.409. The van der Waals surface area contributed by atoms with Gasteiger partial charge in [-0.1, -0.05) is 11.6 Å². The molecule has 0 saturated carbocycles. The molecule has 0 aromatic heterocycles. The third kappa shape index (κ3) is 4.55. The molecule has 0 bridgehead atoms. The van der Waals surface area contributed by atoms with Gasteiger partial charge in [-0.25, -0.2) is 12.8 Å². The molecular formula is C20H22ClFN2O4S. The molecule has 2 aromatic carbocycles. The number of benzene rings is 2. The van der Waals surface area contributed by atoms with Crippen molar-refractivity contribution >= 4 is 33.2 Å². The number of sulfonamides is 1. The monoisotopic (exact) mass is 440 g/mol. The Kier molecular flexibility index (Phi) is 6.16. The van der Waals surface area contributed by atoms with Crippen molar-refractivity contribution in [1.82, 2.24) is 4.90 Å². The van der Waals surface area contributed by atoms with Gasteiger partial charge in [-0.05, 0) is 56.3 Å². The Balaban J connectivity index is 1.93. The fourth-order valence-electron chi connectivity index (χ4n) is 3.29. The number of anilines is 1. The molecule has 1 aliphatic heterocycles. The molecule has 1 fully saturated rings. The van der Waals surface area contributed by atoms with Crippen molar-refractivity contribution in [3.63, 3.8) is 0 Å². The topological polar surface area (TPSA) is 66.9 Å². The van der Waals surface area contributed by atoms with Gasteiger partial charge in [0.15, 0.2) is 0 Å². The number of hydrogen-bond acceptors (Lipinski definition) is 4. The summed E-state index contributed by atoms with van der Waals surface area (Å²) in [6, 6.07) is 9.12. The van der Waals surface area contributed by atoms with Crippen LogP contribution < -0.4 is 4.31 Å². The van der Waals surface area contributed by atoms with Crippen molar-refractivity contribution in [3.8, 4) is 0 Å². The van der Waals surface area contributed by atoms with E-state index in [0.29, 0.717) is 18.8 Å². The number of nitrogens with zero attached hydrogens (tertiary/aromatic N) is 2. The maximum atomic E-state index is 13.2. The number of ether oxygens (including phenoxy) is 1. The minimum absolute atomic E-state index is 0.0774. The first-order valence-electron chi connectivity index (χ1n) is 9.08. The van der Waals surface area contributed by atoms with E-state index in [-0.39, 0.29) is 33.6 Å². The maximum Gasteiger partial charge on any atom is 0.264 e. The summed E-state index contributed by atoms with van der Waals surface area (Å²) in [7, 11) is -2.61. The Labute approximate surface area is 174 Å². The van der Waals surface area contributed by atoms with Crippen molar-refractivity contribution < 1.29 is 22.3 Å². The molecule has 0 radical (unpaired) electrons. The molecule has 2 atom stereocenters. The van der Waals surface area contributed by atoms with Gasteiger partial charge in [-0.2, -0.15) is 0 Å². The quantitative estimate of drug-likeness (QED) is 0.729. The van der Waals surface area contributed by atoms with Crippen LogP contribution in [0.2, 0.25) is 5.02 Å². The number of rotatable bonds is 4. The van der Waals surface area contributed by atoms with Gasteiger partial charge in [0, 0.05) is 20.1 Å². The highest BCUT2D eigenvalue weighted by atomic mass is 35.5. The van der Waals surface area contributed by atoms with Crippen molar-refractivity contribution in [2.24, 2.45) is 0 Å². The maximum absolute atomic E-state index is 13.2. The zero-order valence-corrected chi connectivity index (χ0v) is 17.9. The van der Waals surface area contributed by atoms with Gasteiger partial charge in [0.05, 0.1) is 33.4 Å². The van der Waals surface area contributed by atoms with Gasteiger partial charge in [-0.15, -0.1) is 0 Å². The summed E-state index contributed by atoms with van der Waals surface area (Å²) < 4.78 is 45.9. The van der Waals surface area contributed by atoms with Gasteiger partial charge in [-0.3, -0.25) is 9.10 Å². The number of amides is 1. The lowest BCUT2D eigenvalue weighted by Gasteiger charge is -2.35. The lowest BCUT2D eigenvalue weighted by Crippen LogP contribution is -2.48. The minimum atomic E-state index is -3.97. The van der Waals surface area contributed by atoms with E-state index < -0.39 is 15.8 Å². The molecule has 1 saturated heterocycles. The predicted octanol–water partition coefficient (Wildman–Crippen LogP) is 3.55. The zero-order valence-electron chi connectivity index (χ0n) is 16.3. The first kappa shape index (κ1) is 21.5. The summed E-state index contributed by atoms with van der Waals surface area (Å²) >= 11 is 6.22. The Morgan fingerprint density at radius 3 is 2.31 bits per heavy atom. The highest BCUT2D eigenvalue weighted by Gasteiger charge is 2.29. The van der Waals surface area contributed by atoms with Gasteiger partial charge in [0.25, 0.3) is 15.9 Å². The molecule has 0 N–H and O–H groups in total. The number of hydrogen-bond donors (Lipinski definition) is 0. The molecule has 2 aromatic rings. The minimum Gasteiger partial charge on any atom is -0.372 e. The van der Waals surface area contributed by atoms with Crippen LogP contribution in [0.15, 0.2) is 47.4 Å². The average molecular weight is 441 g/mol. The molecular weight excluding hydrogens is 419 g/mol. The molecule has 1 heterocycles. The van der Waals surface area contributed by atoms with Crippen molar-refractivity contribution in [2.45, 2.75) is 31.0 Å². The smallest absolute Gasteiger partial charge is 0.264 e. The van der Waals surface area contributed by atoms with Gasteiger partial charge < -0.3 is 9.64 Å². The van der Waals surface area contributed by atoms with Gasteiger partial charge in [0.1, 0.15) is 5.82 Å². The van der Waals surface area contributed by atoms with Gasteiger partial charge in [0.2, 0.25) is 0 Å². The summed E-state index contributed by atoms with van der Waals surface area (Å²) in [5.74, 6) is -0.814. The van der Waals surface area contributed by atoms with E-state index in [2.05, 4.69) is 0 Å². The third-order valence-corrected chi connectivity index (χ3v) is 6.83. The first-order chi connectivity index (χ1) is 13.6. The summed E-state index contributed by atoms with van der Waals surface area (Å²) in [4.78, 5) is 14.5. The van der Waals surface area contributed by atoms with Crippen LogP contribution in [0, 0.1) is 5.82 Å². The number of carbonyl (C=O) groups excluding carboxylic acids is 1. The van der Waals surface area contributed by atoms with E-state index in [1.54, 1.807) is 4.90 Å². The Hall–Kier alpha value is -2.16. The van der Waals surface area contributed by atoms with E-state index in [1.807, 2.05) is 13.8 Å². The SMILES string of the molecule is C[C@@H]1CN(C(=O)c2cc(S(=O)(=O)N(C)c3ccc(F)cc3)ccc2Cl)C[C@@H](C)O1. The van der Waals surface area contributed by atoms with Crippen molar-refractivity contribution in [3.05, 3.63) is 58.9 Å². The van der Waals surface area contributed by atoms with Crippen LogP contribution in [-0.4, -0.2) is 51.6 Å². The van der Waals surface area contributed by atoms with Crippen LogP contribution in [-0.2, 0) is 14.8 Å². The van der Waals surface area contributed by atoms with Crippen molar-refractivity contribution in [2.75, 3.05) is 24.4 Å². The molecule has 3 rings (SSSR count). The Morgan fingerprint density at radius 2 is 1.72 bits per heavy atom. The summed E-state index contributed by atoms with van der Waals surface area (Å²) in [5, 5.41) is 0.171. The normalized spacial score (nSPS) is 19.8. The third-order valence-electron chi connectivity index (χ3n) is 4.72. The molecule has 0 unspecified atom stereocenters. The fraction of sp³-hybridized carbons (Fsp3) is 0.350. The van der Waals surface area contributed by atoms with E-state index in [1.165, 1.54) is 49.5 Å². The van der Waals surface area contributed by atoms with E-state index in [9.17, 15) is 17.6 Å². The van der Waals surface area contributed by atoms with Crippen LogP contribution in [0.3, 0.4) is 0 Å². The summed E-state index contributed by atoms with van der Waals surface area (Å²) in [6.07, 6.45) is -0.254. The molecule has 0 aliphatic carbocycles. The molecule has 9 heteroatoms. The second-order valence-electron chi connectivity index (χ2n) is 7.06. The second-order valence-corrected chi connectivity index (χ2v) is 9.43. The molecule has 6 nitrogen and oxygen atoms in total. The number of halogens is 2. The standard InChI is InChI=1S/C20H22ClFN2O4S/c1-13-11-24(12-14(2)28-13)20(25)18-10-17(8-9-19(18)21)29(26,27)23(3)16-6-4-15(22)5-7-16/h4-10,13-14H,11-12H2,1-3H3/t13-,14-/m1/s1. The van der Waals surface area contributed by atoms with Crippen LogP contribution in [0.25, 0.3) is 0 Å². The van der Waals surface area contributed by atoms with Gasteiger partial charge >= 0.3 is 0 Å². The van der Waals surface area contributed by atoms with E-state index in [4.69, 9.17) is 16.3 Å².